The van der Waals surface area contributed by atoms with Crippen LogP contribution in [0, 0.1) is 13.8 Å². The van der Waals surface area contributed by atoms with Crippen molar-refractivity contribution < 1.29 is 14.7 Å². The maximum absolute atomic E-state index is 13.5. The first-order chi connectivity index (χ1) is 18.8. The number of aryl methyl sites for hydroxylation is 2. The van der Waals surface area contributed by atoms with Crippen molar-refractivity contribution in [1.29, 1.82) is 0 Å². The number of rotatable bonds is 14. The molecule has 3 aromatic rings. The van der Waals surface area contributed by atoms with E-state index < -0.39 is 12.1 Å². The minimum absolute atomic E-state index is 0.0576. The normalized spacial score (nSPS) is 12.5. The highest BCUT2D eigenvalue weighted by atomic mass is 16.3. The van der Waals surface area contributed by atoms with E-state index in [0.29, 0.717) is 43.7 Å². The molecule has 208 valence electrons. The molecule has 0 aliphatic rings. The summed E-state index contributed by atoms with van der Waals surface area (Å²) in [5, 5.41) is 17.5. The predicted octanol–water partition coefficient (Wildman–Crippen LogP) is 5.06. The first-order valence-electron chi connectivity index (χ1n) is 14.0. The van der Waals surface area contributed by atoms with E-state index in [4.69, 9.17) is 0 Å². The second kappa shape index (κ2) is 15.2. The van der Waals surface area contributed by atoms with Crippen LogP contribution in [0.4, 0.5) is 0 Å². The molecule has 39 heavy (non-hydrogen) atoms. The maximum atomic E-state index is 13.5. The molecular formula is C33H43N3O3. The molecule has 0 aliphatic heterocycles. The molecule has 3 rings (SSSR count). The number of amides is 2. The summed E-state index contributed by atoms with van der Waals surface area (Å²) in [5.41, 5.74) is 5.09. The van der Waals surface area contributed by atoms with Crippen LogP contribution in [0.2, 0.25) is 0 Å². The number of hydrogen-bond acceptors (Lipinski definition) is 4. The second-order valence-corrected chi connectivity index (χ2v) is 10.3. The Kier molecular flexibility index (Phi) is 11.7. The summed E-state index contributed by atoms with van der Waals surface area (Å²) in [5.74, 6) is -0.359. The molecule has 6 nitrogen and oxygen atoms in total. The molecule has 2 atom stereocenters. The van der Waals surface area contributed by atoms with Crippen molar-refractivity contribution >= 4 is 11.8 Å². The van der Waals surface area contributed by atoms with Gasteiger partial charge in [0.1, 0.15) is 0 Å². The minimum atomic E-state index is -0.811. The topological polar surface area (TPSA) is 81.7 Å². The van der Waals surface area contributed by atoms with Gasteiger partial charge in [-0.2, -0.15) is 0 Å². The zero-order valence-electron chi connectivity index (χ0n) is 23.7. The van der Waals surface area contributed by atoms with E-state index in [0.717, 1.165) is 35.1 Å². The van der Waals surface area contributed by atoms with E-state index in [1.807, 2.05) is 79.4 Å². The molecule has 0 saturated heterocycles. The monoisotopic (exact) mass is 529 g/mol. The van der Waals surface area contributed by atoms with Gasteiger partial charge in [-0.05, 0) is 68.0 Å². The van der Waals surface area contributed by atoms with Crippen LogP contribution in [-0.4, -0.2) is 53.6 Å². The van der Waals surface area contributed by atoms with Gasteiger partial charge in [-0.3, -0.25) is 9.59 Å². The second-order valence-electron chi connectivity index (χ2n) is 10.3. The lowest BCUT2D eigenvalue weighted by molar-refractivity contribution is 0.0755. The first kappa shape index (κ1) is 30.1. The van der Waals surface area contributed by atoms with Crippen molar-refractivity contribution in [2.24, 2.45) is 0 Å². The Labute approximate surface area is 233 Å². The minimum Gasteiger partial charge on any atom is -0.390 e. The quantitative estimate of drug-likeness (QED) is 0.273. The number of carbonyl (C=O) groups is 2. The van der Waals surface area contributed by atoms with Crippen molar-refractivity contribution in [3.63, 3.8) is 0 Å². The van der Waals surface area contributed by atoms with Crippen LogP contribution >= 0.6 is 0 Å². The molecule has 0 bridgehead atoms. The number of nitrogens with one attached hydrogen (secondary N) is 2. The summed E-state index contributed by atoms with van der Waals surface area (Å²) in [6, 6.07) is 22.9. The molecule has 0 fully saturated rings. The Balaban J connectivity index is 1.77. The summed E-state index contributed by atoms with van der Waals surface area (Å²) >= 11 is 0. The van der Waals surface area contributed by atoms with E-state index in [-0.39, 0.29) is 11.8 Å². The van der Waals surface area contributed by atoms with Crippen molar-refractivity contribution in [3.8, 4) is 0 Å². The molecule has 0 saturated carbocycles. The molecule has 0 unspecified atom stereocenters. The third-order valence-corrected chi connectivity index (χ3v) is 6.74. The van der Waals surface area contributed by atoms with Gasteiger partial charge < -0.3 is 20.6 Å². The van der Waals surface area contributed by atoms with Crippen LogP contribution in [0.25, 0.3) is 0 Å². The SMILES string of the molecule is CCCN(CCC)C(=O)c1cc(C)cc(C(=O)N[C@@H](Cc2ccc(C)cc2)[C@H](O)CNCc2ccccc2)c1. The fourth-order valence-corrected chi connectivity index (χ4v) is 4.69. The molecule has 3 N–H and O–H groups in total. The Morgan fingerprint density at radius 3 is 2.10 bits per heavy atom. The van der Waals surface area contributed by atoms with Gasteiger partial charge in [-0.1, -0.05) is 74.0 Å². The lowest BCUT2D eigenvalue weighted by Crippen LogP contribution is -2.48. The number of hydrogen-bond donors (Lipinski definition) is 3. The largest absolute Gasteiger partial charge is 0.390 e. The van der Waals surface area contributed by atoms with Gasteiger partial charge >= 0.3 is 0 Å². The number of benzene rings is 3. The molecule has 0 spiro atoms. The Bertz CT molecular complexity index is 1190. The highest BCUT2D eigenvalue weighted by Crippen LogP contribution is 2.15. The van der Waals surface area contributed by atoms with Gasteiger partial charge in [0.2, 0.25) is 0 Å². The molecular weight excluding hydrogens is 486 g/mol. The average molecular weight is 530 g/mol. The fourth-order valence-electron chi connectivity index (χ4n) is 4.69. The highest BCUT2D eigenvalue weighted by Gasteiger charge is 2.24. The lowest BCUT2D eigenvalue weighted by atomic mass is 9.99. The smallest absolute Gasteiger partial charge is 0.253 e. The van der Waals surface area contributed by atoms with E-state index in [1.165, 1.54) is 0 Å². The fraction of sp³-hybridized carbons (Fsp3) is 0.394. The van der Waals surface area contributed by atoms with Gasteiger partial charge in [-0.15, -0.1) is 0 Å². The molecule has 2 amide bonds. The van der Waals surface area contributed by atoms with Crippen molar-refractivity contribution in [1.82, 2.24) is 15.5 Å². The van der Waals surface area contributed by atoms with Crippen LogP contribution in [0.1, 0.15) is 69.7 Å². The summed E-state index contributed by atoms with van der Waals surface area (Å²) in [7, 11) is 0. The van der Waals surface area contributed by atoms with Gasteiger partial charge in [0, 0.05) is 37.3 Å². The van der Waals surface area contributed by atoms with Gasteiger partial charge in [0.25, 0.3) is 11.8 Å². The molecule has 0 aliphatic carbocycles. The van der Waals surface area contributed by atoms with Crippen LogP contribution in [0.5, 0.6) is 0 Å². The van der Waals surface area contributed by atoms with Gasteiger partial charge in [0.15, 0.2) is 0 Å². The first-order valence-corrected chi connectivity index (χ1v) is 14.0. The third-order valence-electron chi connectivity index (χ3n) is 6.74. The maximum Gasteiger partial charge on any atom is 0.253 e. The lowest BCUT2D eigenvalue weighted by Gasteiger charge is -2.25. The number of aliphatic hydroxyl groups excluding tert-OH is 1. The van der Waals surface area contributed by atoms with Crippen molar-refractivity contribution in [2.75, 3.05) is 19.6 Å². The molecule has 6 heteroatoms. The highest BCUT2D eigenvalue weighted by molar-refractivity contribution is 6.00. The third kappa shape index (κ3) is 9.34. The van der Waals surface area contributed by atoms with E-state index in [2.05, 4.69) is 24.5 Å². The van der Waals surface area contributed by atoms with Crippen molar-refractivity contribution in [3.05, 3.63) is 106 Å². The molecule has 0 radical (unpaired) electrons. The molecule has 0 aromatic heterocycles. The zero-order valence-corrected chi connectivity index (χ0v) is 23.7. The Morgan fingerprint density at radius 2 is 1.46 bits per heavy atom. The van der Waals surface area contributed by atoms with Crippen LogP contribution in [-0.2, 0) is 13.0 Å². The van der Waals surface area contributed by atoms with Crippen LogP contribution in [0.15, 0.2) is 72.8 Å². The average Bonchev–Trinajstić information content (AvgIpc) is 2.93. The number of nitrogens with zero attached hydrogens (tertiary/aromatic N) is 1. The summed E-state index contributed by atoms with van der Waals surface area (Å²) in [4.78, 5) is 28.6. The summed E-state index contributed by atoms with van der Waals surface area (Å²) in [6.07, 6.45) is 1.43. The predicted molar refractivity (Wildman–Crippen MR) is 158 cm³/mol. The standard InChI is InChI=1S/C33H43N3O3/c1-5-16-36(17-6-2)33(39)29-19-25(4)18-28(21-29)32(38)35-30(20-26-14-12-24(3)13-15-26)31(37)23-34-22-27-10-8-7-9-11-27/h7-15,18-19,21,30-31,34,37H,5-6,16-17,20,22-23H2,1-4H3,(H,35,38)/t30-,31+/m0/s1. The van der Waals surface area contributed by atoms with Gasteiger partial charge in [0.05, 0.1) is 12.1 Å². The Hall–Kier alpha value is -3.48. The number of carbonyl (C=O) groups excluding carboxylic acids is 2. The summed E-state index contributed by atoms with van der Waals surface area (Å²) < 4.78 is 0. The van der Waals surface area contributed by atoms with E-state index in [1.54, 1.807) is 12.1 Å². The van der Waals surface area contributed by atoms with E-state index in [9.17, 15) is 14.7 Å². The van der Waals surface area contributed by atoms with Gasteiger partial charge in [-0.25, -0.2) is 0 Å². The van der Waals surface area contributed by atoms with Crippen LogP contribution in [0.3, 0.4) is 0 Å². The zero-order chi connectivity index (χ0) is 28.2. The Morgan fingerprint density at radius 1 is 0.821 bits per heavy atom. The van der Waals surface area contributed by atoms with Crippen molar-refractivity contribution in [2.45, 2.75) is 65.6 Å². The molecule has 0 heterocycles. The van der Waals surface area contributed by atoms with E-state index >= 15 is 0 Å². The van der Waals surface area contributed by atoms with Crippen LogP contribution < -0.4 is 10.6 Å². The summed E-state index contributed by atoms with van der Waals surface area (Å²) in [6.45, 7) is 10.4. The number of aliphatic hydroxyl groups is 1. The molecule has 3 aromatic carbocycles.